The average Bonchev–Trinajstić information content (AvgIpc) is 3.19. The van der Waals surface area contributed by atoms with Gasteiger partial charge in [0.05, 0.1) is 11.9 Å². The van der Waals surface area contributed by atoms with Gasteiger partial charge in [0.15, 0.2) is 0 Å². The van der Waals surface area contributed by atoms with Crippen molar-refractivity contribution in [2.45, 2.75) is 19.9 Å². The van der Waals surface area contributed by atoms with Gasteiger partial charge in [-0.05, 0) is 38.6 Å². The molecular weight excluding hydrogens is 318 g/mol. The number of hydrogen-bond acceptors (Lipinski definition) is 5. The first-order chi connectivity index (χ1) is 12.0. The summed E-state index contributed by atoms with van der Waals surface area (Å²) in [5.74, 6) is 0.386. The fourth-order valence-corrected chi connectivity index (χ4v) is 2.66. The molecule has 0 saturated heterocycles. The van der Waals surface area contributed by atoms with Crippen molar-refractivity contribution in [1.82, 2.24) is 20.1 Å². The summed E-state index contributed by atoms with van der Waals surface area (Å²) in [5, 5.41) is 10.1. The van der Waals surface area contributed by atoms with Crippen LogP contribution >= 0.6 is 0 Å². The molecular formula is C18H21N5O2. The summed E-state index contributed by atoms with van der Waals surface area (Å²) in [5.41, 5.74) is 4.19. The zero-order chi connectivity index (χ0) is 18.0. The first-order valence-corrected chi connectivity index (χ1v) is 7.97. The number of amides is 1. The van der Waals surface area contributed by atoms with Gasteiger partial charge in [-0.15, -0.1) is 0 Å². The topological polar surface area (TPSA) is 85.0 Å². The molecule has 7 heteroatoms. The minimum atomic E-state index is -0.484. The van der Waals surface area contributed by atoms with Crippen LogP contribution in [0.15, 0.2) is 41.3 Å². The second kappa shape index (κ2) is 6.90. The highest BCUT2D eigenvalue weighted by molar-refractivity contribution is 5.96. The van der Waals surface area contributed by atoms with Crippen molar-refractivity contribution < 1.29 is 9.21 Å². The predicted molar refractivity (Wildman–Crippen MR) is 95.1 cm³/mol. The lowest BCUT2D eigenvalue weighted by atomic mass is 10.1. The molecule has 3 rings (SSSR count). The average molecular weight is 339 g/mol. The molecule has 0 spiro atoms. The van der Waals surface area contributed by atoms with E-state index in [0.717, 1.165) is 22.4 Å². The molecule has 0 radical (unpaired) electrons. The number of anilines is 1. The van der Waals surface area contributed by atoms with Gasteiger partial charge in [0.2, 0.25) is 11.8 Å². The van der Waals surface area contributed by atoms with Gasteiger partial charge in [-0.2, -0.15) is 5.10 Å². The van der Waals surface area contributed by atoms with E-state index in [1.807, 2.05) is 45.3 Å². The zero-order valence-electron chi connectivity index (χ0n) is 14.7. The molecule has 7 nitrogen and oxygen atoms in total. The SMILES string of the molecule is CNC(C(=O)Nc1ccc(C)c(-c2nc(C)co2)c1)c1cnn(C)c1. The summed E-state index contributed by atoms with van der Waals surface area (Å²) in [6.07, 6.45) is 5.10. The number of benzene rings is 1. The highest BCUT2D eigenvalue weighted by Crippen LogP contribution is 2.26. The van der Waals surface area contributed by atoms with Crippen molar-refractivity contribution in [1.29, 1.82) is 0 Å². The van der Waals surface area contributed by atoms with E-state index in [1.165, 1.54) is 0 Å². The molecule has 2 heterocycles. The van der Waals surface area contributed by atoms with Crippen LogP contribution in [0.25, 0.3) is 11.5 Å². The van der Waals surface area contributed by atoms with Gasteiger partial charge in [0, 0.05) is 30.1 Å². The van der Waals surface area contributed by atoms with Crippen molar-refractivity contribution >= 4 is 11.6 Å². The number of aryl methyl sites for hydroxylation is 3. The molecule has 0 fully saturated rings. The minimum absolute atomic E-state index is 0.158. The monoisotopic (exact) mass is 339 g/mol. The van der Waals surface area contributed by atoms with Crippen molar-refractivity contribution in [3.8, 4) is 11.5 Å². The Labute approximate surface area is 146 Å². The van der Waals surface area contributed by atoms with Crippen LogP contribution in [0.1, 0.15) is 22.9 Å². The first-order valence-electron chi connectivity index (χ1n) is 7.97. The standard InChI is InChI=1S/C18H21N5O2/c1-11-5-6-14(7-15(11)18-21-12(2)10-25-18)22-17(24)16(19-3)13-8-20-23(4)9-13/h5-10,16,19H,1-4H3,(H,22,24). The fourth-order valence-electron chi connectivity index (χ4n) is 2.66. The molecule has 130 valence electrons. The summed E-state index contributed by atoms with van der Waals surface area (Å²) >= 11 is 0. The van der Waals surface area contributed by atoms with E-state index in [0.29, 0.717) is 11.6 Å². The fraction of sp³-hybridized carbons (Fsp3) is 0.278. The number of hydrogen-bond donors (Lipinski definition) is 2. The Bertz CT molecular complexity index is 897. The smallest absolute Gasteiger partial charge is 0.246 e. The number of likely N-dealkylation sites (N-methyl/N-ethyl adjacent to an activating group) is 1. The highest BCUT2D eigenvalue weighted by Gasteiger charge is 2.20. The van der Waals surface area contributed by atoms with Gasteiger partial charge in [0.25, 0.3) is 0 Å². The largest absolute Gasteiger partial charge is 0.444 e. The molecule has 0 bridgehead atoms. The number of carbonyl (C=O) groups is 1. The molecule has 3 aromatic rings. The Kier molecular flexibility index (Phi) is 4.67. The zero-order valence-corrected chi connectivity index (χ0v) is 14.7. The Hall–Kier alpha value is -2.93. The molecule has 0 aliphatic heterocycles. The third-order valence-electron chi connectivity index (χ3n) is 3.96. The van der Waals surface area contributed by atoms with E-state index in [-0.39, 0.29) is 5.91 Å². The Morgan fingerprint density at radius 2 is 2.12 bits per heavy atom. The van der Waals surface area contributed by atoms with Crippen LogP contribution in [-0.4, -0.2) is 27.7 Å². The van der Waals surface area contributed by atoms with Crippen molar-refractivity contribution in [2.75, 3.05) is 12.4 Å². The van der Waals surface area contributed by atoms with E-state index in [4.69, 9.17) is 4.42 Å². The molecule has 0 aliphatic rings. The normalized spacial score (nSPS) is 12.2. The van der Waals surface area contributed by atoms with Crippen LogP contribution < -0.4 is 10.6 Å². The maximum atomic E-state index is 12.6. The van der Waals surface area contributed by atoms with Gasteiger partial charge in [-0.25, -0.2) is 4.98 Å². The van der Waals surface area contributed by atoms with E-state index >= 15 is 0 Å². The van der Waals surface area contributed by atoms with Gasteiger partial charge in [0.1, 0.15) is 12.3 Å². The molecule has 0 aliphatic carbocycles. The second-order valence-corrected chi connectivity index (χ2v) is 5.98. The van der Waals surface area contributed by atoms with Crippen molar-refractivity contribution in [3.05, 3.63) is 53.7 Å². The predicted octanol–water partition coefficient (Wildman–Crippen LogP) is 2.59. The number of oxazole rings is 1. The summed E-state index contributed by atoms with van der Waals surface area (Å²) in [4.78, 5) is 17.0. The van der Waals surface area contributed by atoms with Crippen LogP contribution in [0, 0.1) is 13.8 Å². The maximum absolute atomic E-state index is 12.6. The summed E-state index contributed by atoms with van der Waals surface area (Å²) in [6, 6.07) is 5.18. The quantitative estimate of drug-likeness (QED) is 0.746. The van der Waals surface area contributed by atoms with Crippen LogP contribution in [-0.2, 0) is 11.8 Å². The lowest BCUT2D eigenvalue weighted by molar-refractivity contribution is -0.118. The number of nitrogens with zero attached hydrogens (tertiary/aromatic N) is 3. The Balaban J connectivity index is 1.83. The highest BCUT2D eigenvalue weighted by atomic mass is 16.3. The number of aromatic nitrogens is 3. The Morgan fingerprint density at radius 3 is 2.72 bits per heavy atom. The molecule has 2 N–H and O–H groups in total. The van der Waals surface area contributed by atoms with E-state index in [9.17, 15) is 4.79 Å². The molecule has 1 amide bonds. The van der Waals surface area contributed by atoms with Gasteiger partial charge >= 0.3 is 0 Å². The van der Waals surface area contributed by atoms with Crippen LogP contribution in [0.3, 0.4) is 0 Å². The third-order valence-corrected chi connectivity index (χ3v) is 3.96. The summed E-state index contributed by atoms with van der Waals surface area (Å²) in [6.45, 7) is 3.85. The van der Waals surface area contributed by atoms with Crippen LogP contribution in [0.2, 0.25) is 0 Å². The van der Waals surface area contributed by atoms with Gasteiger partial charge in [-0.1, -0.05) is 6.07 Å². The number of rotatable bonds is 5. The minimum Gasteiger partial charge on any atom is -0.444 e. The van der Waals surface area contributed by atoms with Gasteiger partial charge < -0.3 is 15.1 Å². The first kappa shape index (κ1) is 16.9. The Morgan fingerprint density at radius 1 is 1.32 bits per heavy atom. The third kappa shape index (κ3) is 3.61. The number of carbonyl (C=O) groups excluding carboxylic acids is 1. The molecule has 25 heavy (non-hydrogen) atoms. The molecule has 1 aromatic carbocycles. The molecule has 1 unspecified atom stereocenters. The van der Waals surface area contributed by atoms with E-state index < -0.39 is 6.04 Å². The van der Waals surface area contributed by atoms with Crippen LogP contribution in [0.5, 0.6) is 0 Å². The van der Waals surface area contributed by atoms with Crippen LogP contribution in [0.4, 0.5) is 5.69 Å². The lowest BCUT2D eigenvalue weighted by Crippen LogP contribution is -2.30. The van der Waals surface area contributed by atoms with Gasteiger partial charge in [-0.3, -0.25) is 9.48 Å². The summed E-state index contributed by atoms with van der Waals surface area (Å²) in [7, 11) is 3.56. The van der Waals surface area contributed by atoms with Crippen molar-refractivity contribution in [3.63, 3.8) is 0 Å². The number of nitrogens with one attached hydrogen (secondary N) is 2. The van der Waals surface area contributed by atoms with E-state index in [1.54, 1.807) is 24.2 Å². The second-order valence-electron chi connectivity index (χ2n) is 5.98. The molecule has 0 saturated carbocycles. The molecule has 1 atom stereocenters. The maximum Gasteiger partial charge on any atom is 0.246 e. The summed E-state index contributed by atoms with van der Waals surface area (Å²) < 4.78 is 7.15. The lowest BCUT2D eigenvalue weighted by Gasteiger charge is -2.15. The van der Waals surface area contributed by atoms with Crippen molar-refractivity contribution in [2.24, 2.45) is 7.05 Å². The van der Waals surface area contributed by atoms with E-state index in [2.05, 4.69) is 20.7 Å². The molecule has 2 aromatic heterocycles.